The lowest BCUT2D eigenvalue weighted by Crippen LogP contribution is -2.22. The number of carbonyl (C=O) groups is 1. The third-order valence-corrected chi connectivity index (χ3v) is 4.65. The fourth-order valence-corrected chi connectivity index (χ4v) is 3.01. The Labute approximate surface area is 171 Å². The Hall–Kier alpha value is -3.48. The maximum Gasteiger partial charge on any atom is 0.274 e. The van der Waals surface area contributed by atoms with Crippen LogP contribution in [0.4, 0.5) is 17.3 Å². The van der Waals surface area contributed by atoms with Crippen LogP contribution < -0.4 is 15.5 Å². The summed E-state index contributed by atoms with van der Waals surface area (Å²) in [6.07, 6.45) is 5.07. The van der Waals surface area contributed by atoms with Gasteiger partial charge in [0.2, 0.25) is 5.95 Å². The molecule has 0 saturated heterocycles. The van der Waals surface area contributed by atoms with E-state index in [1.807, 2.05) is 31.2 Å². The van der Waals surface area contributed by atoms with Crippen molar-refractivity contribution in [1.82, 2.24) is 15.0 Å². The Bertz CT molecular complexity index is 957. The van der Waals surface area contributed by atoms with Crippen molar-refractivity contribution in [3.63, 3.8) is 0 Å². The van der Waals surface area contributed by atoms with Crippen LogP contribution in [0.25, 0.3) is 0 Å². The number of anilines is 3. The molecule has 3 rings (SSSR count). The molecule has 0 atom stereocenters. The number of amides is 1. The lowest BCUT2D eigenvalue weighted by Gasteiger charge is -2.22. The number of pyridine rings is 1. The molecule has 0 radical (unpaired) electrons. The average molecular weight is 390 g/mol. The van der Waals surface area contributed by atoms with Crippen LogP contribution in [-0.4, -0.2) is 33.9 Å². The van der Waals surface area contributed by atoms with Gasteiger partial charge in [-0.1, -0.05) is 6.07 Å². The van der Waals surface area contributed by atoms with Crippen molar-refractivity contribution >= 4 is 23.2 Å². The second kappa shape index (κ2) is 9.64. The smallest absolute Gasteiger partial charge is 0.274 e. The maximum atomic E-state index is 12.7. The molecule has 0 aliphatic heterocycles. The molecular formula is C22H26N6O. The first-order valence-corrected chi connectivity index (χ1v) is 9.73. The number of hydrogen-bond donors (Lipinski definition) is 2. The first kappa shape index (κ1) is 20.3. The summed E-state index contributed by atoms with van der Waals surface area (Å²) in [6.45, 7) is 8.66. The average Bonchev–Trinajstić information content (AvgIpc) is 2.76. The van der Waals surface area contributed by atoms with Crippen LogP contribution in [0.5, 0.6) is 0 Å². The summed E-state index contributed by atoms with van der Waals surface area (Å²) in [4.78, 5) is 27.5. The normalized spacial score (nSPS) is 10.4. The Morgan fingerprint density at radius 3 is 2.62 bits per heavy atom. The first-order chi connectivity index (χ1) is 14.1. The summed E-state index contributed by atoms with van der Waals surface area (Å²) in [5, 5.41) is 6.06. The molecular weight excluding hydrogens is 364 g/mol. The molecule has 1 amide bonds. The van der Waals surface area contributed by atoms with Crippen molar-refractivity contribution in [2.45, 2.75) is 27.3 Å². The molecule has 7 heteroatoms. The van der Waals surface area contributed by atoms with Crippen LogP contribution in [0.2, 0.25) is 0 Å². The number of nitrogens with one attached hydrogen (secondary N) is 2. The third-order valence-electron chi connectivity index (χ3n) is 4.65. The number of rotatable bonds is 8. The van der Waals surface area contributed by atoms with Crippen molar-refractivity contribution < 1.29 is 4.79 Å². The van der Waals surface area contributed by atoms with E-state index in [0.29, 0.717) is 18.2 Å². The molecule has 0 unspecified atom stereocenters. The maximum absolute atomic E-state index is 12.7. The van der Waals surface area contributed by atoms with Gasteiger partial charge in [0.1, 0.15) is 5.69 Å². The zero-order valence-corrected chi connectivity index (χ0v) is 17.0. The van der Waals surface area contributed by atoms with Crippen LogP contribution >= 0.6 is 0 Å². The van der Waals surface area contributed by atoms with E-state index in [1.54, 1.807) is 24.7 Å². The number of hydrogen-bond acceptors (Lipinski definition) is 6. The lowest BCUT2D eigenvalue weighted by atomic mass is 10.1. The Balaban J connectivity index is 1.68. The van der Waals surface area contributed by atoms with Gasteiger partial charge in [-0.25, -0.2) is 9.97 Å². The van der Waals surface area contributed by atoms with E-state index in [4.69, 9.17) is 0 Å². The summed E-state index contributed by atoms with van der Waals surface area (Å²) in [5.41, 5.74) is 4.24. The van der Waals surface area contributed by atoms with Crippen LogP contribution in [-0.2, 0) is 6.54 Å². The molecule has 3 aromatic rings. The monoisotopic (exact) mass is 390 g/mol. The third kappa shape index (κ3) is 5.28. The summed E-state index contributed by atoms with van der Waals surface area (Å²) < 4.78 is 0. The van der Waals surface area contributed by atoms with E-state index in [-0.39, 0.29) is 5.91 Å². The van der Waals surface area contributed by atoms with E-state index in [2.05, 4.69) is 50.4 Å². The van der Waals surface area contributed by atoms with Crippen molar-refractivity contribution in [1.29, 1.82) is 0 Å². The highest BCUT2D eigenvalue weighted by Crippen LogP contribution is 2.23. The standard InChI is InChI=1S/C22H26N6O/c1-4-28(5-2)18-8-9-19(16(3)13-18)26-21(29)20-10-12-24-22(27-20)25-15-17-7-6-11-23-14-17/h6-14H,4-5,15H2,1-3H3,(H,26,29)(H,24,25,27). The molecule has 0 aliphatic carbocycles. The van der Waals surface area contributed by atoms with Crippen LogP contribution in [0.3, 0.4) is 0 Å². The van der Waals surface area contributed by atoms with Crippen LogP contribution in [0.15, 0.2) is 55.0 Å². The molecule has 0 bridgehead atoms. The molecule has 2 N–H and O–H groups in total. The van der Waals surface area contributed by atoms with Crippen molar-refractivity contribution in [3.8, 4) is 0 Å². The molecule has 0 aliphatic rings. The Morgan fingerprint density at radius 2 is 1.93 bits per heavy atom. The highest BCUT2D eigenvalue weighted by Gasteiger charge is 2.12. The molecule has 0 fully saturated rings. The molecule has 2 heterocycles. The summed E-state index contributed by atoms with van der Waals surface area (Å²) in [5.74, 6) is 0.130. The zero-order valence-electron chi connectivity index (χ0n) is 17.0. The highest BCUT2D eigenvalue weighted by molar-refractivity contribution is 6.03. The number of nitrogens with zero attached hydrogens (tertiary/aromatic N) is 4. The van der Waals surface area contributed by atoms with Crippen molar-refractivity contribution in [3.05, 3.63) is 71.8 Å². The summed E-state index contributed by atoms with van der Waals surface area (Å²) in [7, 11) is 0. The van der Waals surface area contributed by atoms with E-state index in [1.165, 1.54) is 0 Å². The van der Waals surface area contributed by atoms with Gasteiger partial charge in [-0.05, 0) is 62.2 Å². The fourth-order valence-electron chi connectivity index (χ4n) is 3.01. The van der Waals surface area contributed by atoms with E-state index < -0.39 is 0 Å². The van der Waals surface area contributed by atoms with E-state index >= 15 is 0 Å². The SMILES string of the molecule is CCN(CC)c1ccc(NC(=O)c2ccnc(NCc3cccnc3)n2)c(C)c1. The van der Waals surface area contributed by atoms with Gasteiger partial charge in [0.05, 0.1) is 0 Å². The predicted molar refractivity (Wildman–Crippen MR) is 116 cm³/mol. The van der Waals surface area contributed by atoms with Gasteiger partial charge in [-0.2, -0.15) is 0 Å². The Morgan fingerprint density at radius 1 is 1.10 bits per heavy atom. The molecule has 1 aromatic carbocycles. The van der Waals surface area contributed by atoms with Gasteiger partial charge < -0.3 is 15.5 Å². The first-order valence-electron chi connectivity index (χ1n) is 9.73. The Kier molecular flexibility index (Phi) is 6.73. The van der Waals surface area contributed by atoms with Gasteiger partial charge in [0.25, 0.3) is 5.91 Å². The lowest BCUT2D eigenvalue weighted by molar-refractivity contribution is 0.102. The van der Waals surface area contributed by atoms with Gasteiger partial charge >= 0.3 is 0 Å². The number of aromatic nitrogens is 3. The molecule has 150 valence electrons. The molecule has 7 nitrogen and oxygen atoms in total. The minimum atomic E-state index is -0.268. The molecule has 0 saturated carbocycles. The van der Waals surface area contributed by atoms with E-state index in [9.17, 15) is 4.79 Å². The van der Waals surface area contributed by atoms with Gasteiger partial charge in [0, 0.05) is 49.6 Å². The molecule has 2 aromatic heterocycles. The van der Waals surface area contributed by atoms with Crippen molar-refractivity contribution in [2.75, 3.05) is 28.6 Å². The molecule has 29 heavy (non-hydrogen) atoms. The second-order valence-electron chi connectivity index (χ2n) is 6.61. The van der Waals surface area contributed by atoms with Crippen LogP contribution in [0.1, 0.15) is 35.5 Å². The summed E-state index contributed by atoms with van der Waals surface area (Å²) in [6, 6.07) is 11.5. The van der Waals surface area contributed by atoms with Crippen molar-refractivity contribution in [2.24, 2.45) is 0 Å². The van der Waals surface area contributed by atoms with Gasteiger partial charge in [-0.15, -0.1) is 0 Å². The fraction of sp³-hybridized carbons (Fsp3) is 0.273. The topological polar surface area (TPSA) is 83.0 Å². The number of carbonyl (C=O) groups excluding carboxylic acids is 1. The highest BCUT2D eigenvalue weighted by atomic mass is 16.1. The second-order valence-corrected chi connectivity index (χ2v) is 6.61. The zero-order chi connectivity index (χ0) is 20.6. The summed E-state index contributed by atoms with van der Waals surface area (Å²) >= 11 is 0. The minimum Gasteiger partial charge on any atom is -0.372 e. The quantitative estimate of drug-likeness (QED) is 0.607. The van der Waals surface area contributed by atoms with Gasteiger partial charge in [-0.3, -0.25) is 9.78 Å². The largest absolute Gasteiger partial charge is 0.372 e. The number of benzene rings is 1. The van der Waals surface area contributed by atoms with Gasteiger partial charge in [0.15, 0.2) is 0 Å². The number of aryl methyl sites for hydroxylation is 1. The molecule has 0 spiro atoms. The van der Waals surface area contributed by atoms with Crippen LogP contribution in [0, 0.1) is 6.92 Å². The predicted octanol–water partition coefficient (Wildman–Crippen LogP) is 3.89. The minimum absolute atomic E-state index is 0.268. The van der Waals surface area contributed by atoms with E-state index in [0.717, 1.165) is 35.6 Å².